The molecule has 8 heteroatoms. The molecule has 1 saturated heterocycles. The van der Waals surface area contributed by atoms with E-state index >= 15 is 0 Å². The average Bonchev–Trinajstić information content (AvgIpc) is 2.33. The molecular weight excluding hydrogens is 265 g/mol. The van der Waals surface area contributed by atoms with Crippen LogP contribution in [0.15, 0.2) is 0 Å². The summed E-state index contributed by atoms with van der Waals surface area (Å²) in [5.41, 5.74) is 0. The molecule has 0 amide bonds. The van der Waals surface area contributed by atoms with Gasteiger partial charge in [0.15, 0.2) is 5.92 Å². The van der Waals surface area contributed by atoms with Crippen LogP contribution in [0.3, 0.4) is 0 Å². The van der Waals surface area contributed by atoms with E-state index in [-0.39, 0.29) is 12.6 Å². The largest absolute Gasteiger partial charge is 0.480 e. The summed E-state index contributed by atoms with van der Waals surface area (Å²) in [5.74, 6) is -3.05. The summed E-state index contributed by atoms with van der Waals surface area (Å²) >= 11 is 0. The molecule has 0 aliphatic carbocycles. The SMILES string of the molecule is N#CC(CN1CCC(OCC(=O)O)CC1)C(F)(F)F. The first-order chi connectivity index (χ1) is 8.82. The standard InChI is InChI=1S/C11H15F3N2O3/c12-11(13,14)8(5-15)6-16-3-1-9(2-4-16)19-7-10(17)18/h8-9H,1-4,6-7H2,(H,17,18). The molecule has 0 aromatic heterocycles. The maximum atomic E-state index is 12.4. The number of nitrogens with zero attached hydrogens (tertiary/aromatic N) is 2. The van der Waals surface area contributed by atoms with Gasteiger partial charge in [-0.3, -0.25) is 0 Å². The van der Waals surface area contributed by atoms with Gasteiger partial charge in [-0.15, -0.1) is 0 Å². The van der Waals surface area contributed by atoms with Gasteiger partial charge in [-0.05, 0) is 12.8 Å². The van der Waals surface area contributed by atoms with Crippen molar-refractivity contribution in [3.8, 4) is 6.07 Å². The number of hydrogen-bond donors (Lipinski definition) is 1. The number of carboxylic acids is 1. The number of likely N-dealkylation sites (tertiary alicyclic amines) is 1. The van der Waals surface area contributed by atoms with Gasteiger partial charge in [-0.2, -0.15) is 18.4 Å². The smallest absolute Gasteiger partial charge is 0.405 e. The van der Waals surface area contributed by atoms with Gasteiger partial charge in [-0.25, -0.2) is 4.79 Å². The van der Waals surface area contributed by atoms with Crippen molar-refractivity contribution in [2.24, 2.45) is 5.92 Å². The zero-order valence-corrected chi connectivity index (χ0v) is 10.2. The third-order valence-electron chi connectivity index (χ3n) is 2.97. The molecule has 1 fully saturated rings. The zero-order valence-electron chi connectivity index (χ0n) is 10.2. The Morgan fingerprint density at radius 2 is 2.05 bits per heavy atom. The van der Waals surface area contributed by atoms with E-state index in [1.807, 2.05) is 0 Å². The third kappa shape index (κ3) is 5.44. The molecule has 1 N–H and O–H groups in total. The highest BCUT2D eigenvalue weighted by molar-refractivity contribution is 5.68. The van der Waals surface area contributed by atoms with Gasteiger partial charge in [0.05, 0.1) is 12.2 Å². The number of alkyl halides is 3. The van der Waals surface area contributed by atoms with Gasteiger partial charge in [0.2, 0.25) is 0 Å². The van der Waals surface area contributed by atoms with Crippen LogP contribution in [0, 0.1) is 17.2 Å². The van der Waals surface area contributed by atoms with Crippen LogP contribution < -0.4 is 0 Å². The first-order valence-corrected chi connectivity index (χ1v) is 5.85. The molecule has 0 saturated carbocycles. The summed E-state index contributed by atoms with van der Waals surface area (Å²) in [7, 11) is 0. The van der Waals surface area contributed by atoms with Crippen LogP contribution in [0.2, 0.25) is 0 Å². The van der Waals surface area contributed by atoms with Crippen molar-refractivity contribution in [1.82, 2.24) is 4.90 Å². The number of carboxylic acid groups (broad SMARTS) is 1. The molecule has 1 rings (SSSR count). The Kier molecular flexibility index (Phi) is 5.57. The van der Waals surface area contributed by atoms with Crippen LogP contribution in [-0.2, 0) is 9.53 Å². The van der Waals surface area contributed by atoms with Crippen LogP contribution in [-0.4, -0.2) is 54.5 Å². The second kappa shape index (κ2) is 6.73. The second-order valence-electron chi connectivity index (χ2n) is 4.43. The molecule has 1 heterocycles. The van der Waals surface area contributed by atoms with Crippen molar-refractivity contribution in [3.63, 3.8) is 0 Å². The summed E-state index contributed by atoms with van der Waals surface area (Å²) in [4.78, 5) is 11.9. The zero-order chi connectivity index (χ0) is 14.5. The molecule has 19 heavy (non-hydrogen) atoms. The van der Waals surface area contributed by atoms with E-state index in [0.29, 0.717) is 25.9 Å². The third-order valence-corrected chi connectivity index (χ3v) is 2.97. The Labute approximate surface area is 108 Å². The summed E-state index contributed by atoms with van der Waals surface area (Å²) < 4.78 is 42.3. The molecule has 1 aliphatic rings. The van der Waals surface area contributed by atoms with Crippen molar-refractivity contribution in [2.45, 2.75) is 25.1 Å². The molecule has 0 bridgehead atoms. The second-order valence-corrected chi connectivity index (χ2v) is 4.43. The number of hydrogen-bond acceptors (Lipinski definition) is 4. The van der Waals surface area contributed by atoms with Gasteiger partial charge in [0.1, 0.15) is 6.61 Å². The molecule has 1 aliphatic heterocycles. The summed E-state index contributed by atoms with van der Waals surface area (Å²) in [6.07, 6.45) is -3.79. The molecular formula is C11H15F3N2O3. The lowest BCUT2D eigenvalue weighted by Crippen LogP contribution is -2.42. The van der Waals surface area contributed by atoms with E-state index in [4.69, 9.17) is 15.1 Å². The van der Waals surface area contributed by atoms with E-state index in [1.54, 1.807) is 4.90 Å². The van der Waals surface area contributed by atoms with Crippen LogP contribution in [0.5, 0.6) is 0 Å². The fourth-order valence-corrected chi connectivity index (χ4v) is 1.92. The average molecular weight is 280 g/mol. The molecule has 0 spiro atoms. The molecule has 0 aromatic carbocycles. The van der Waals surface area contributed by atoms with Crippen molar-refractivity contribution < 1.29 is 27.8 Å². The Hall–Kier alpha value is -1.33. The highest BCUT2D eigenvalue weighted by atomic mass is 19.4. The van der Waals surface area contributed by atoms with Gasteiger partial charge >= 0.3 is 12.1 Å². The minimum absolute atomic E-state index is 0.237. The number of piperidine rings is 1. The van der Waals surface area contributed by atoms with E-state index in [9.17, 15) is 18.0 Å². The summed E-state index contributed by atoms with van der Waals surface area (Å²) in [6.45, 7) is 0.0107. The lowest BCUT2D eigenvalue weighted by Gasteiger charge is -2.32. The quantitative estimate of drug-likeness (QED) is 0.820. The van der Waals surface area contributed by atoms with Gasteiger partial charge in [0, 0.05) is 19.6 Å². The number of carbonyl (C=O) groups is 1. The van der Waals surface area contributed by atoms with Crippen LogP contribution >= 0.6 is 0 Å². The van der Waals surface area contributed by atoms with E-state index in [0.717, 1.165) is 0 Å². The summed E-state index contributed by atoms with van der Waals surface area (Å²) in [5, 5.41) is 16.9. The van der Waals surface area contributed by atoms with E-state index in [2.05, 4.69) is 0 Å². The highest BCUT2D eigenvalue weighted by Gasteiger charge is 2.41. The number of rotatable bonds is 5. The molecule has 1 unspecified atom stereocenters. The fourth-order valence-electron chi connectivity index (χ4n) is 1.92. The van der Waals surface area contributed by atoms with Crippen molar-refractivity contribution in [3.05, 3.63) is 0 Å². The number of ether oxygens (including phenoxy) is 1. The normalized spacial score (nSPS) is 19.9. The van der Waals surface area contributed by atoms with Gasteiger partial charge in [0.25, 0.3) is 0 Å². The first-order valence-electron chi connectivity index (χ1n) is 5.85. The number of aliphatic carboxylic acids is 1. The van der Waals surface area contributed by atoms with Gasteiger partial charge < -0.3 is 14.7 Å². The fraction of sp³-hybridized carbons (Fsp3) is 0.818. The Balaban J connectivity index is 2.34. The first kappa shape index (κ1) is 15.7. The molecule has 5 nitrogen and oxygen atoms in total. The van der Waals surface area contributed by atoms with E-state index in [1.165, 1.54) is 6.07 Å². The predicted molar refractivity (Wildman–Crippen MR) is 58.2 cm³/mol. The van der Waals surface area contributed by atoms with Crippen molar-refractivity contribution >= 4 is 5.97 Å². The topological polar surface area (TPSA) is 73.6 Å². The van der Waals surface area contributed by atoms with Crippen molar-refractivity contribution in [1.29, 1.82) is 5.26 Å². The van der Waals surface area contributed by atoms with Gasteiger partial charge in [-0.1, -0.05) is 0 Å². The lowest BCUT2D eigenvalue weighted by atomic mass is 10.0. The maximum absolute atomic E-state index is 12.4. The monoisotopic (exact) mass is 280 g/mol. The molecule has 1 atom stereocenters. The Bertz CT molecular complexity index is 346. The number of nitriles is 1. The van der Waals surface area contributed by atoms with Crippen LogP contribution in [0.4, 0.5) is 13.2 Å². The lowest BCUT2D eigenvalue weighted by molar-refractivity contribution is -0.165. The molecule has 0 aromatic rings. The minimum Gasteiger partial charge on any atom is -0.480 e. The minimum atomic E-state index is -4.51. The van der Waals surface area contributed by atoms with Crippen LogP contribution in [0.25, 0.3) is 0 Å². The van der Waals surface area contributed by atoms with Crippen molar-refractivity contribution in [2.75, 3.05) is 26.2 Å². The molecule has 0 radical (unpaired) electrons. The Morgan fingerprint density at radius 1 is 1.47 bits per heavy atom. The van der Waals surface area contributed by atoms with Crippen LogP contribution in [0.1, 0.15) is 12.8 Å². The molecule has 108 valence electrons. The summed E-state index contributed by atoms with van der Waals surface area (Å²) in [6, 6.07) is 1.26. The predicted octanol–water partition coefficient (Wildman–Crippen LogP) is 1.25. The number of halogens is 3. The highest BCUT2D eigenvalue weighted by Crippen LogP contribution is 2.27. The van der Waals surface area contributed by atoms with E-state index < -0.39 is 24.7 Å². The Morgan fingerprint density at radius 3 is 2.47 bits per heavy atom. The maximum Gasteiger partial charge on any atom is 0.405 e.